The molecule has 0 amide bonds. The molecule has 0 saturated heterocycles. The number of thiophene rings is 1. The molecule has 0 N–H and O–H groups in total. The zero-order chi connectivity index (χ0) is 18.5. The van der Waals surface area contributed by atoms with Crippen LogP contribution in [0.3, 0.4) is 0 Å². The van der Waals surface area contributed by atoms with E-state index in [0.29, 0.717) is 23.0 Å². The van der Waals surface area contributed by atoms with Crippen molar-refractivity contribution < 1.29 is 18.9 Å². The Morgan fingerprint density at radius 3 is 2.23 bits per heavy atom. The third-order valence-electron chi connectivity index (χ3n) is 3.77. The van der Waals surface area contributed by atoms with E-state index in [9.17, 15) is 0 Å². The van der Waals surface area contributed by atoms with E-state index in [1.807, 2.05) is 36.4 Å². The molecule has 0 aliphatic rings. The number of hydrogen-bond donors (Lipinski definition) is 0. The highest BCUT2D eigenvalue weighted by Crippen LogP contribution is 2.45. The molecule has 1 aromatic heterocycles. The Morgan fingerprint density at radius 1 is 0.962 bits per heavy atom. The van der Waals surface area contributed by atoms with Crippen molar-refractivity contribution >= 4 is 21.4 Å². The highest BCUT2D eigenvalue weighted by Gasteiger charge is 2.18. The molecule has 0 unspecified atom stereocenters. The van der Waals surface area contributed by atoms with Crippen molar-refractivity contribution in [2.75, 3.05) is 21.3 Å². The van der Waals surface area contributed by atoms with Crippen molar-refractivity contribution in [2.24, 2.45) is 5.11 Å². The first-order valence-electron chi connectivity index (χ1n) is 7.70. The lowest BCUT2D eigenvalue weighted by Crippen LogP contribution is -1.91. The monoisotopic (exact) mass is 371 g/mol. The van der Waals surface area contributed by atoms with Crippen LogP contribution in [0.15, 0.2) is 41.5 Å². The van der Waals surface area contributed by atoms with Gasteiger partial charge in [0.1, 0.15) is 17.2 Å². The summed E-state index contributed by atoms with van der Waals surface area (Å²) in [5.74, 6) is 3.28. The molecule has 0 radical (unpaired) electrons. The van der Waals surface area contributed by atoms with E-state index in [-0.39, 0.29) is 6.54 Å². The standard InChI is InChI=1S/C18H17N3O4S/c1-22-11-4-6-12(7-5-11)25-18-13-8-14(23-2)15(24-3)9-16(13)26-17(18)10-20-21-19/h4-9H,10H2,1-3H3. The summed E-state index contributed by atoms with van der Waals surface area (Å²) in [6.07, 6.45) is 0. The van der Waals surface area contributed by atoms with Gasteiger partial charge < -0.3 is 18.9 Å². The Hall–Kier alpha value is -3.09. The van der Waals surface area contributed by atoms with Crippen LogP contribution in [0.4, 0.5) is 0 Å². The van der Waals surface area contributed by atoms with Gasteiger partial charge in [-0.25, -0.2) is 0 Å². The summed E-state index contributed by atoms with van der Waals surface area (Å²) in [5.41, 5.74) is 8.67. The van der Waals surface area contributed by atoms with Crippen LogP contribution >= 0.6 is 11.3 Å². The Labute approximate surface area is 154 Å². The third-order valence-corrected chi connectivity index (χ3v) is 4.89. The number of nitrogens with zero attached hydrogens (tertiary/aromatic N) is 3. The third kappa shape index (κ3) is 3.46. The minimum atomic E-state index is 0.200. The summed E-state index contributed by atoms with van der Waals surface area (Å²) in [4.78, 5) is 3.67. The minimum Gasteiger partial charge on any atom is -0.497 e. The maximum Gasteiger partial charge on any atom is 0.162 e. The Bertz CT molecular complexity index is 963. The number of methoxy groups -OCH3 is 3. The lowest BCUT2D eigenvalue weighted by atomic mass is 10.2. The van der Waals surface area contributed by atoms with Gasteiger partial charge in [0, 0.05) is 21.1 Å². The summed E-state index contributed by atoms with van der Waals surface area (Å²) in [6, 6.07) is 11.0. The SMILES string of the molecule is COc1ccc(Oc2c(CN=[N+]=[N-])sc3cc(OC)c(OC)cc23)cc1. The molecule has 7 nitrogen and oxygen atoms in total. The van der Waals surface area contributed by atoms with E-state index in [2.05, 4.69) is 10.0 Å². The molecule has 0 saturated carbocycles. The minimum absolute atomic E-state index is 0.200. The summed E-state index contributed by atoms with van der Waals surface area (Å²) in [7, 11) is 4.79. The van der Waals surface area contributed by atoms with Crippen molar-refractivity contribution in [1.82, 2.24) is 0 Å². The smallest absolute Gasteiger partial charge is 0.162 e. The van der Waals surface area contributed by atoms with Crippen LogP contribution in [0.1, 0.15) is 4.88 Å². The number of fused-ring (bicyclic) bond motifs is 1. The fraction of sp³-hybridized carbons (Fsp3) is 0.222. The van der Waals surface area contributed by atoms with E-state index in [1.54, 1.807) is 21.3 Å². The van der Waals surface area contributed by atoms with Crippen molar-refractivity contribution in [3.8, 4) is 28.7 Å². The zero-order valence-corrected chi connectivity index (χ0v) is 15.4. The fourth-order valence-electron chi connectivity index (χ4n) is 2.52. The van der Waals surface area contributed by atoms with E-state index in [4.69, 9.17) is 24.5 Å². The molecular formula is C18H17N3O4S. The topological polar surface area (TPSA) is 85.7 Å². The summed E-state index contributed by atoms with van der Waals surface area (Å²) < 4.78 is 23.0. The number of ether oxygens (including phenoxy) is 4. The van der Waals surface area contributed by atoms with Gasteiger partial charge in [-0.3, -0.25) is 0 Å². The zero-order valence-electron chi connectivity index (χ0n) is 14.6. The quantitative estimate of drug-likeness (QED) is 0.310. The first-order chi connectivity index (χ1) is 12.7. The summed E-state index contributed by atoms with van der Waals surface area (Å²) >= 11 is 1.49. The van der Waals surface area contributed by atoms with Crippen LogP contribution in [0.5, 0.6) is 28.7 Å². The molecular weight excluding hydrogens is 354 g/mol. The second kappa shape index (κ2) is 7.86. The molecule has 1 heterocycles. The van der Waals surface area contributed by atoms with E-state index in [0.717, 1.165) is 20.7 Å². The van der Waals surface area contributed by atoms with Crippen molar-refractivity contribution in [3.05, 3.63) is 51.7 Å². The maximum absolute atomic E-state index is 8.67. The maximum atomic E-state index is 8.67. The van der Waals surface area contributed by atoms with Crippen LogP contribution in [-0.2, 0) is 6.54 Å². The molecule has 0 spiro atoms. The Balaban J connectivity index is 2.10. The van der Waals surface area contributed by atoms with Gasteiger partial charge in [-0.2, -0.15) is 0 Å². The van der Waals surface area contributed by atoms with Crippen molar-refractivity contribution in [3.63, 3.8) is 0 Å². The molecule has 0 aliphatic carbocycles. The largest absolute Gasteiger partial charge is 0.497 e. The predicted octanol–water partition coefficient (Wildman–Crippen LogP) is 5.53. The van der Waals surface area contributed by atoms with Gasteiger partial charge in [-0.05, 0) is 35.9 Å². The molecule has 3 aromatic rings. The van der Waals surface area contributed by atoms with E-state index < -0.39 is 0 Å². The number of hydrogen-bond acceptors (Lipinski definition) is 6. The normalized spacial score (nSPS) is 10.3. The lowest BCUT2D eigenvalue weighted by Gasteiger charge is -2.10. The Kier molecular flexibility index (Phi) is 5.36. The van der Waals surface area contributed by atoms with E-state index >= 15 is 0 Å². The molecule has 26 heavy (non-hydrogen) atoms. The molecule has 134 valence electrons. The van der Waals surface area contributed by atoms with Crippen LogP contribution < -0.4 is 18.9 Å². The number of rotatable bonds is 7. The van der Waals surface area contributed by atoms with E-state index in [1.165, 1.54) is 11.3 Å². The van der Waals surface area contributed by atoms with Crippen LogP contribution in [0.25, 0.3) is 20.5 Å². The van der Waals surface area contributed by atoms with Gasteiger partial charge in [0.2, 0.25) is 0 Å². The van der Waals surface area contributed by atoms with Crippen molar-refractivity contribution in [1.29, 1.82) is 0 Å². The van der Waals surface area contributed by atoms with Gasteiger partial charge in [0.15, 0.2) is 11.5 Å². The highest BCUT2D eigenvalue weighted by molar-refractivity contribution is 7.19. The molecule has 8 heteroatoms. The Morgan fingerprint density at radius 2 is 1.62 bits per heavy atom. The highest BCUT2D eigenvalue weighted by atomic mass is 32.1. The first kappa shape index (κ1) is 17.7. The molecule has 2 aromatic carbocycles. The van der Waals surface area contributed by atoms with Gasteiger partial charge in [0.25, 0.3) is 0 Å². The second-order valence-electron chi connectivity index (χ2n) is 5.22. The number of benzene rings is 2. The first-order valence-corrected chi connectivity index (χ1v) is 8.52. The van der Waals surface area contributed by atoms with Gasteiger partial charge in [0.05, 0.1) is 32.8 Å². The average molecular weight is 371 g/mol. The molecule has 0 bridgehead atoms. The summed E-state index contributed by atoms with van der Waals surface area (Å²) in [5, 5.41) is 4.55. The summed E-state index contributed by atoms with van der Waals surface area (Å²) in [6.45, 7) is 0.200. The second-order valence-corrected chi connectivity index (χ2v) is 6.36. The lowest BCUT2D eigenvalue weighted by molar-refractivity contribution is 0.356. The van der Waals surface area contributed by atoms with Crippen LogP contribution in [-0.4, -0.2) is 21.3 Å². The van der Waals surface area contributed by atoms with Crippen LogP contribution in [0, 0.1) is 0 Å². The van der Waals surface area contributed by atoms with Gasteiger partial charge in [-0.15, -0.1) is 11.3 Å². The van der Waals surface area contributed by atoms with Crippen LogP contribution in [0.2, 0.25) is 0 Å². The van der Waals surface area contributed by atoms with Gasteiger partial charge in [-0.1, -0.05) is 5.11 Å². The number of azide groups is 1. The average Bonchev–Trinajstić information content (AvgIpc) is 3.02. The fourth-order valence-corrected chi connectivity index (χ4v) is 3.58. The molecule has 0 fully saturated rings. The predicted molar refractivity (Wildman–Crippen MR) is 101 cm³/mol. The molecule has 0 aliphatic heterocycles. The van der Waals surface area contributed by atoms with Crippen molar-refractivity contribution in [2.45, 2.75) is 6.54 Å². The molecule has 3 rings (SSSR count). The van der Waals surface area contributed by atoms with Gasteiger partial charge >= 0.3 is 0 Å². The molecule has 0 atom stereocenters.